The summed E-state index contributed by atoms with van der Waals surface area (Å²) < 4.78 is 0. The number of rotatable bonds is 3. The number of pyridine rings is 1. The van der Waals surface area contributed by atoms with Crippen LogP contribution in [0, 0.1) is 6.92 Å². The predicted molar refractivity (Wildman–Crippen MR) is 64.0 cm³/mol. The summed E-state index contributed by atoms with van der Waals surface area (Å²) in [7, 11) is 0. The van der Waals surface area contributed by atoms with Crippen LogP contribution in [0.1, 0.15) is 17.4 Å². The van der Waals surface area contributed by atoms with Crippen molar-refractivity contribution in [1.29, 1.82) is 0 Å². The highest BCUT2D eigenvalue weighted by molar-refractivity contribution is 5.45. The largest absolute Gasteiger partial charge is 0.369 e. The fourth-order valence-corrected chi connectivity index (χ4v) is 1.44. The Balaban J connectivity index is 2.08. The number of anilines is 1. The van der Waals surface area contributed by atoms with E-state index in [4.69, 9.17) is 0 Å². The Kier molecular flexibility index (Phi) is 3.17. The van der Waals surface area contributed by atoms with Crippen LogP contribution < -0.4 is 5.32 Å². The summed E-state index contributed by atoms with van der Waals surface area (Å²) in [5.74, 6) is 0. The lowest BCUT2D eigenvalue weighted by molar-refractivity contribution is 0.208. The summed E-state index contributed by atoms with van der Waals surface area (Å²) >= 11 is 0. The Hall–Kier alpha value is -1.87. The molecule has 0 spiro atoms. The number of aryl methyl sites for hydroxylation is 1. The van der Waals surface area contributed by atoms with Crippen molar-refractivity contribution in [1.82, 2.24) is 4.98 Å². The zero-order valence-electron chi connectivity index (χ0n) is 9.09. The molecule has 1 aromatic heterocycles. The lowest BCUT2D eigenvalue weighted by Gasteiger charge is -2.14. The van der Waals surface area contributed by atoms with Crippen molar-refractivity contribution in [2.45, 2.75) is 13.2 Å². The normalized spacial score (nSPS) is 12.1. The highest BCUT2D eigenvalue weighted by atomic mass is 16.3. The molecule has 0 aliphatic rings. The number of nitrogens with zero attached hydrogens (tertiary/aromatic N) is 1. The second-order valence-corrected chi connectivity index (χ2v) is 3.69. The van der Waals surface area contributed by atoms with Crippen molar-refractivity contribution in [3.63, 3.8) is 0 Å². The van der Waals surface area contributed by atoms with Crippen molar-refractivity contribution < 1.29 is 5.11 Å². The Bertz CT molecular complexity index is 439. The zero-order valence-corrected chi connectivity index (χ0v) is 9.09. The molecule has 0 amide bonds. The van der Waals surface area contributed by atoms with E-state index in [0.29, 0.717) is 0 Å². The van der Waals surface area contributed by atoms with Crippen LogP contribution in [0.15, 0.2) is 48.8 Å². The summed E-state index contributed by atoms with van der Waals surface area (Å²) in [6, 6.07) is 11.5. The number of aliphatic hydroxyl groups excluding tert-OH is 1. The maximum Gasteiger partial charge on any atom is 0.150 e. The summed E-state index contributed by atoms with van der Waals surface area (Å²) in [5.41, 5.74) is 2.90. The van der Waals surface area contributed by atoms with E-state index in [1.807, 2.05) is 31.2 Å². The predicted octanol–water partition coefficient (Wildman–Crippen LogP) is 2.49. The van der Waals surface area contributed by atoms with Crippen molar-refractivity contribution in [3.05, 3.63) is 59.9 Å². The summed E-state index contributed by atoms with van der Waals surface area (Å²) in [4.78, 5) is 3.91. The number of benzene rings is 1. The second kappa shape index (κ2) is 4.77. The van der Waals surface area contributed by atoms with Crippen LogP contribution in [-0.4, -0.2) is 10.1 Å². The molecule has 1 atom stereocenters. The third-order valence-electron chi connectivity index (χ3n) is 2.38. The van der Waals surface area contributed by atoms with Crippen LogP contribution in [0.5, 0.6) is 0 Å². The van der Waals surface area contributed by atoms with Gasteiger partial charge in [-0.15, -0.1) is 0 Å². The lowest BCUT2D eigenvalue weighted by Crippen LogP contribution is -2.09. The van der Waals surface area contributed by atoms with Crippen LogP contribution in [0.25, 0.3) is 0 Å². The third-order valence-corrected chi connectivity index (χ3v) is 2.38. The van der Waals surface area contributed by atoms with E-state index in [1.165, 1.54) is 5.56 Å². The molecule has 0 aliphatic carbocycles. The standard InChI is InChI=1S/C13H14N2O/c1-10-2-4-12(5-3-10)15-13(16)11-6-8-14-9-7-11/h2-9,13,15-16H,1H3. The van der Waals surface area contributed by atoms with Gasteiger partial charge in [-0.25, -0.2) is 0 Å². The first kappa shape index (κ1) is 10.6. The van der Waals surface area contributed by atoms with Crippen molar-refractivity contribution >= 4 is 5.69 Å². The topological polar surface area (TPSA) is 45.1 Å². The third kappa shape index (κ3) is 2.58. The lowest BCUT2D eigenvalue weighted by atomic mass is 10.2. The SMILES string of the molecule is Cc1ccc(NC(O)c2ccncc2)cc1. The zero-order chi connectivity index (χ0) is 11.4. The molecule has 3 nitrogen and oxygen atoms in total. The minimum Gasteiger partial charge on any atom is -0.369 e. The van der Waals surface area contributed by atoms with Crippen LogP contribution >= 0.6 is 0 Å². The van der Waals surface area contributed by atoms with E-state index in [2.05, 4.69) is 10.3 Å². The minimum absolute atomic E-state index is 0.703. The van der Waals surface area contributed by atoms with E-state index < -0.39 is 6.23 Å². The molecule has 1 aromatic carbocycles. The first-order chi connectivity index (χ1) is 7.75. The first-order valence-corrected chi connectivity index (χ1v) is 5.17. The van der Waals surface area contributed by atoms with Crippen molar-refractivity contribution in [2.24, 2.45) is 0 Å². The van der Waals surface area contributed by atoms with Gasteiger partial charge in [-0.3, -0.25) is 4.98 Å². The molecular formula is C13H14N2O. The average Bonchev–Trinajstić information content (AvgIpc) is 2.33. The molecule has 2 N–H and O–H groups in total. The van der Waals surface area contributed by atoms with Gasteiger partial charge in [0.15, 0.2) is 6.23 Å². The molecule has 82 valence electrons. The number of aromatic nitrogens is 1. The Morgan fingerprint density at radius 3 is 2.31 bits per heavy atom. The molecule has 0 fully saturated rings. The van der Waals surface area contributed by atoms with E-state index in [0.717, 1.165) is 11.3 Å². The van der Waals surface area contributed by atoms with Crippen LogP contribution in [0.4, 0.5) is 5.69 Å². The molecule has 3 heteroatoms. The highest BCUT2D eigenvalue weighted by Crippen LogP contribution is 2.16. The fraction of sp³-hybridized carbons (Fsp3) is 0.154. The Morgan fingerprint density at radius 2 is 1.69 bits per heavy atom. The number of nitrogens with one attached hydrogen (secondary N) is 1. The van der Waals surface area contributed by atoms with Crippen molar-refractivity contribution in [2.75, 3.05) is 5.32 Å². The molecule has 0 aliphatic heterocycles. The molecule has 0 radical (unpaired) electrons. The Morgan fingerprint density at radius 1 is 1.06 bits per heavy atom. The maximum atomic E-state index is 9.90. The quantitative estimate of drug-likeness (QED) is 0.771. The number of aliphatic hydroxyl groups is 1. The van der Waals surface area contributed by atoms with E-state index in [1.54, 1.807) is 24.5 Å². The highest BCUT2D eigenvalue weighted by Gasteiger charge is 2.05. The Labute approximate surface area is 94.8 Å². The molecule has 2 aromatic rings. The molecule has 16 heavy (non-hydrogen) atoms. The molecule has 0 saturated heterocycles. The van der Waals surface area contributed by atoms with Gasteiger partial charge in [-0.1, -0.05) is 17.7 Å². The smallest absolute Gasteiger partial charge is 0.150 e. The molecule has 0 bridgehead atoms. The van der Waals surface area contributed by atoms with Gasteiger partial charge >= 0.3 is 0 Å². The summed E-state index contributed by atoms with van der Waals surface area (Å²) in [5, 5.41) is 12.9. The first-order valence-electron chi connectivity index (χ1n) is 5.17. The molecule has 1 heterocycles. The van der Waals surface area contributed by atoms with Gasteiger partial charge in [0.1, 0.15) is 0 Å². The van der Waals surface area contributed by atoms with Crippen LogP contribution in [0.2, 0.25) is 0 Å². The second-order valence-electron chi connectivity index (χ2n) is 3.69. The van der Waals surface area contributed by atoms with Gasteiger partial charge in [0, 0.05) is 23.6 Å². The van der Waals surface area contributed by atoms with Crippen LogP contribution in [0.3, 0.4) is 0 Å². The average molecular weight is 214 g/mol. The minimum atomic E-state index is -0.703. The van der Waals surface area contributed by atoms with Crippen molar-refractivity contribution in [3.8, 4) is 0 Å². The maximum absolute atomic E-state index is 9.90. The summed E-state index contributed by atoms with van der Waals surface area (Å²) in [6.07, 6.45) is 2.62. The monoisotopic (exact) mass is 214 g/mol. The van der Waals surface area contributed by atoms with Gasteiger partial charge in [-0.2, -0.15) is 0 Å². The molecule has 1 unspecified atom stereocenters. The number of hydrogen-bond acceptors (Lipinski definition) is 3. The van der Waals surface area contributed by atoms with Crippen LogP contribution in [-0.2, 0) is 0 Å². The van der Waals surface area contributed by atoms with Gasteiger partial charge in [-0.05, 0) is 31.2 Å². The van der Waals surface area contributed by atoms with E-state index in [-0.39, 0.29) is 0 Å². The number of hydrogen-bond donors (Lipinski definition) is 2. The van der Waals surface area contributed by atoms with Gasteiger partial charge in [0.05, 0.1) is 0 Å². The molecule has 2 rings (SSSR count). The fourth-order valence-electron chi connectivity index (χ4n) is 1.44. The van der Waals surface area contributed by atoms with E-state index >= 15 is 0 Å². The molecule has 0 saturated carbocycles. The van der Waals surface area contributed by atoms with Gasteiger partial charge < -0.3 is 10.4 Å². The molecular weight excluding hydrogens is 200 g/mol. The van der Waals surface area contributed by atoms with Gasteiger partial charge in [0.2, 0.25) is 0 Å². The van der Waals surface area contributed by atoms with Gasteiger partial charge in [0.25, 0.3) is 0 Å². The van der Waals surface area contributed by atoms with E-state index in [9.17, 15) is 5.11 Å². The summed E-state index contributed by atoms with van der Waals surface area (Å²) in [6.45, 7) is 2.03.